The summed E-state index contributed by atoms with van der Waals surface area (Å²) in [5, 5.41) is 0. The van der Waals surface area contributed by atoms with Crippen molar-refractivity contribution >= 4 is 17.1 Å². The summed E-state index contributed by atoms with van der Waals surface area (Å²) in [6.07, 6.45) is 0. The lowest BCUT2D eigenvalue weighted by Crippen LogP contribution is -2.27. The van der Waals surface area contributed by atoms with Crippen molar-refractivity contribution in [1.82, 2.24) is 0 Å². The Bertz CT molecular complexity index is 2560. The molecule has 7 aromatic carbocycles. The van der Waals surface area contributed by atoms with Crippen LogP contribution in [0.15, 0.2) is 146 Å². The Balaban J connectivity index is 1.45. The molecule has 272 valence electrons. The van der Waals surface area contributed by atoms with Gasteiger partial charge < -0.3 is 4.90 Å². The second-order valence-electron chi connectivity index (χ2n) is 17.9. The van der Waals surface area contributed by atoms with E-state index in [4.69, 9.17) is 0 Å². The van der Waals surface area contributed by atoms with Crippen LogP contribution < -0.4 is 4.90 Å². The van der Waals surface area contributed by atoms with E-state index in [1.165, 1.54) is 94.8 Å². The third-order valence-electron chi connectivity index (χ3n) is 12.6. The molecular weight excluding hydrogens is 663 g/mol. The van der Waals surface area contributed by atoms with Gasteiger partial charge in [0.15, 0.2) is 0 Å². The molecule has 1 heteroatoms. The Morgan fingerprint density at radius 3 is 1.49 bits per heavy atom. The highest BCUT2D eigenvalue weighted by atomic mass is 15.2. The molecule has 9 rings (SSSR count). The first-order valence-electron chi connectivity index (χ1n) is 19.9. The lowest BCUT2D eigenvalue weighted by atomic mass is 9.70. The van der Waals surface area contributed by atoms with Gasteiger partial charge in [-0.15, -0.1) is 0 Å². The Morgan fingerprint density at radius 1 is 0.436 bits per heavy atom. The summed E-state index contributed by atoms with van der Waals surface area (Å²) in [6, 6.07) is 54.3. The molecule has 2 aliphatic carbocycles. The second kappa shape index (κ2) is 12.4. The highest BCUT2D eigenvalue weighted by Gasteiger charge is 2.50. The molecule has 55 heavy (non-hydrogen) atoms. The molecule has 0 aliphatic heterocycles. The van der Waals surface area contributed by atoms with Crippen molar-refractivity contribution in [2.24, 2.45) is 0 Å². The van der Waals surface area contributed by atoms with Crippen molar-refractivity contribution in [3.05, 3.63) is 185 Å². The molecule has 0 aromatic heterocycles. The molecule has 0 bridgehead atoms. The van der Waals surface area contributed by atoms with Gasteiger partial charge in [-0.1, -0.05) is 170 Å². The summed E-state index contributed by atoms with van der Waals surface area (Å²) in [7, 11) is 0. The minimum atomic E-state index is -0.257. The van der Waals surface area contributed by atoms with Crippen molar-refractivity contribution < 1.29 is 0 Å². The number of fused-ring (bicyclic) bond motifs is 6. The Morgan fingerprint density at radius 2 is 0.927 bits per heavy atom. The van der Waals surface area contributed by atoms with E-state index in [0.717, 1.165) is 5.69 Å². The predicted octanol–water partition coefficient (Wildman–Crippen LogP) is 15.0. The summed E-state index contributed by atoms with van der Waals surface area (Å²) in [4.78, 5) is 2.63. The fourth-order valence-electron chi connectivity index (χ4n) is 10.1. The van der Waals surface area contributed by atoms with Gasteiger partial charge >= 0.3 is 0 Å². The van der Waals surface area contributed by atoms with Gasteiger partial charge in [0.25, 0.3) is 0 Å². The number of nitrogens with zero attached hydrogens (tertiary/aromatic N) is 1. The topological polar surface area (TPSA) is 3.24 Å². The zero-order valence-corrected chi connectivity index (χ0v) is 33.8. The van der Waals surface area contributed by atoms with Crippen molar-refractivity contribution in [2.45, 2.75) is 78.6 Å². The van der Waals surface area contributed by atoms with Crippen LogP contribution in [0.2, 0.25) is 0 Å². The molecule has 0 N–H and O–H groups in total. The van der Waals surface area contributed by atoms with E-state index in [1.54, 1.807) is 0 Å². The third kappa shape index (κ3) is 5.27. The first-order chi connectivity index (χ1) is 26.3. The standard InChI is InChI=1S/C54H51N/c1-34-20-13-14-25-40(34)41-31-30-39(32-35(41)2)55(38-24-19-23-37(33-38)36-21-11-10-12-22-36)51-49-46(42-26-15-17-28-44(42)53(49,6)7)48(52(3,4)5)47-43-27-16-18-29-45(43)54(8,9)50(47)51/h10-33H,1-9H3. The van der Waals surface area contributed by atoms with E-state index < -0.39 is 0 Å². The molecule has 0 unspecified atom stereocenters. The van der Waals surface area contributed by atoms with Crippen LogP contribution >= 0.6 is 0 Å². The first kappa shape index (κ1) is 35.1. The lowest BCUT2D eigenvalue weighted by molar-refractivity contribution is 0.587. The van der Waals surface area contributed by atoms with Crippen LogP contribution in [-0.4, -0.2) is 0 Å². The van der Waals surface area contributed by atoms with Crippen molar-refractivity contribution in [2.75, 3.05) is 4.90 Å². The van der Waals surface area contributed by atoms with Gasteiger partial charge in [-0.3, -0.25) is 0 Å². The number of rotatable bonds is 5. The van der Waals surface area contributed by atoms with Crippen molar-refractivity contribution in [1.29, 1.82) is 0 Å². The van der Waals surface area contributed by atoms with Crippen LogP contribution in [0.3, 0.4) is 0 Å². The zero-order valence-electron chi connectivity index (χ0n) is 33.8. The van der Waals surface area contributed by atoms with Crippen LogP contribution in [0, 0.1) is 13.8 Å². The quantitative estimate of drug-likeness (QED) is 0.172. The molecule has 0 atom stereocenters. The number of benzene rings is 7. The van der Waals surface area contributed by atoms with Gasteiger partial charge in [0.2, 0.25) is 0 Å². The minimum Gasteiger partial charge on any atom is -0.310 e. The van der Waals surface area contributed by atoms with Gasteiger partial charge in [-0.25, -0.2) is 0 Å². The first-order valence-corrected chi connectivity index (χ1v) is 19.9. The average molecular weight is 714 g/mol. The normalized spacial score (nSPS) is 14.6. The molecule has 2 aliphatic rings. The molecule has 0 saturated carbocycles. The van der Waals surface area contributed by atoms with E-state index in [-0.39, 0.29) is 16.2 Å². The molecule has 0 amide bonds. The van der Waals surface area contributed by atoms with Gasteiger partial charge in [-0.05, 0) is 127 Å². The van der Waals surface area contributed by atoms with Crippen LogP contribution in [0.25, 0.3) is 44.5 Å². The molecule has 0 heterocycles. The monoisotopic (exact) mass is 713 g/mol. The number of hydrogen-bond donors (Lipinski definition) is 0. The van der Waals surface area contributed by atoms with E-state index in [1.807, 2.05) is 0 Å². The Labute approximate surface area is 328 Å². The van der Waals surface area contributed by atoms with Gasteiger partial charge in [0.05, 0.1) is 5.69 Å². The van der Waals surface area contributed by atoms with Crippen molar-refractivity contribution in [3.63, 3.8) is 0 Å². The summed E-state index contributed by atoms with van der Waals surface area (Å²) >= 11 is 0. The number of anilines is 3. The number of aryl methyl sites for hydroxylation is 2. The highest BCUT2D eigenvalue weighted by Crippen LogP contribution is 2.65. The highest BCUT2D eigenvalue weighted by molar-refractivity contribution is 6.03. The molecule has 7 aromatic rings. The molecule has 1 nitrogen and oxygen atoms in total. The van der Waals surface area contributed by atoms with Gasteiger partial charge in [-0.2, -0.15) is 0 Å². The van der Waals surface area contributed by atoms with E-state index >= 15 is 0 Å². The SMILES string of the molecule is Cc1ccccc1-c1ccc(N(c2cccc(-c3ccccc3)c2)c2c3c(c(C(C)(C)C)c4c2C(C)(C)c2ccccc2-4)-c2ccccc2C3(C)C)cc1C. The summed E-state index contributed by atoms with van der Waals surface area (Å²) in [5.41, 5.74) is 23.2. The summed E-state index contributed by atoms with van der Waals surface area (Å²) < 4.78 is 0. The second-order valence-corrected chi connectivity index (χ2v) is 17.9. The van der Waals surface area contributed by atoms with E-state index in [0.29, 0.717) is 0 Å². The molecule has 0 radical (unpaired) electrons. The lowest BCUT2D eigenvalue weighted by Gasteiger charge is -2.39. The van der Waals surface area contributed by atoms with Crippen LogP contribution in [0.4, 0.5) is 17.1 Å². The number of hydrogen-bond acceptors (Lipinski definition) is 1. The molecule has 0 fully saturated rings. The summed E-state index contributed by atoms with van der Waals surface area (Å²) in [5.74, 6) is 0. The fourth-order valence-corrected chi connectivity index (χ4v) is 10.1. The van der Waals surface area contributed by atoms with Gasteiger partial charge in [0, 0.05) is 22.2 Å². The van der Waals surface area contributed by atoms with Crippen LogP contribution in [0.1, 0.15) is 87.4 Å². The Hall–Kier alpha value is -5.66. The predicted molar refractivity (Wildman–Crippen MR) is 235 cm³/mol. The minimum absolute atomic E-state index is 0.113. The maximum absolute atomic E-state index is 2.63. The van der Waals surface area contributed by atoms with Crippen LogP contribution in [-0.2, 0) is 16.2 Å². The van der Waals surface area contributed by atoms with Crippen LogP contribution in [0.5, 0.6) is 0 Å². The largest absolute Gasteiger partial charge is 0.310 e. The maximum atomic E-state index is 2.63. The molecule has 0 spiro atoms. The summed E-state index contributed by atoms with van der Waals surface area (Å²) in [6.45, 7) is 21.6. The Kier molecular flexibility index (Phi) is 7.93. The van der Waals surface area contributed by atoms with E-state index in [2.05, 4.69) is 213 Å². The zero-order chi connectivity index (χ0) is 38.4. The van der Waals surface area contributed by atoms with E-state index in [9.17, 15) is 0 Å². The van der Waals surface area contributed by atoms with Crippen molar-refractivity contribution in [3.8, 4) is 44.5 Å². The maximum Gasteiger partial charge on any atom is 0.0556 e. The third-order valence-corrected chi connectivity index (χ3v) is 12.6. The van der Waals surface area contributed by atoms with Gasteiger partial charge in [0.1, 0.15) is 0 Å². The molecule has 0 saturated heterocycles. The smallest absolute Gasteiger partial charge is 0.0556 e. The fraction of sp³-hybridized carbons (Fsp3) is 0.222. The molecular formula is C54H51N. The average Bonchev–Trinajstić information content (AvgIpc) is 3.55.